The molecule has 0 unspecified atom stereocenters. The van der Waals surface area contributed by atoms with Gasteiger partial charge in [0.15, 0.2) is 11.6 Å². The van der Waals surface area contributed by atoms with Gasteiger partial charge in [-0.15, -0.1) is 0 Å². The lowest BCUT2D eigenvalue weighted by Gasteiger charge is -2.16. The van der Waals surface area contributed by atoms with E-state index < -0.39 is 11.6 Å². The molecular formula is C22H18F2N4O3. The van der Waals surface area contributed by atoms with E-state index in [0.717, 1.165) is 18.0 Å². The third-order valence-electron chi connectivity index (χ3n) is 5.11. The van der Waals surface area contributed by atoms with Crippen molar-refractivity contribution in [2.45, 2.75) is 26.1 Å². The van der Waals surface area contributed by atoms with Gasteiger partial charge in [-0.25, -0.2) is 13.6 Å². The van der Waals surface area contributed by atoms with E-state index in [9.17, 15) is 18.8 Å². The largest absolute Gasteiger partial charge is 0.473 e. The van der Waals surface area contributed by atoms with Crippen LogP contribution in [0.4, 0.5) is 14.6 Å². The topological polar surface area (TPSA) is 80.4 Å². The van der Waals surface area contributed by atoms with Crippen LogP contribution in [0.15, 0.2) is 47.3 Å². The van der Waals surface area contributed by atoms with Crippen molar-refractivity contribution in [3.8, 4) is 23.4 Å². The summed E-state index contributed by atoms with van der Waals surface area (Å²) in [5.74, 6) is -0.838. The first kappa shape index (κ1) is 20.3. The number of anilines is 1. The highest BCUT2D eigenvalue weighted by atomic mass is 19.2. The Hall–Kier alpha value is -3.93. The molecule has 2 heterocycles. The summed E-state index contributed by atoms with van der Waals surface area (Å²) in [6, 6.07) is 11.8. The molecule has 0 saturated heterocycles. The molecule has 1 aliphatic heterocycles. The lowest BCUT2D eigenvalue weighted by atomic mass is 10.1. The number of benzene rings is 2. The van der Waals surface area contributed by atoms with Crippen LogP contribution in [0.2, 0.25) is 0 Å². The van der Waals surface area contributed by atoms with Crippen molar-refractivity contribution in [2.75, 3.05) is 11.9 Å². The van der Waals surface area contributed by atoms with Crippen LogP contribution in [-0.2, 0) is 13.2 Å². The average Bonchev–Trinajstić information content (AvgIpc) is 3.04. The monoisotopic (exact) mass is 424 g/mol. The molecule has 158 valence electrons. The van der Waals surface area contributed by atoms with Gasteiger partial charge >= 0.3 is 5.69 Å². The molecule has 0 spiro atoms. The van der Waals surface area contributed by atoms with E-state index in [-0.39, 0.29) is 41.3 Å². The number of nitriles is 1. The number of hydrogen-bond donors (Lipinski definition) is 0. The standard InChI is InChI=1S/C22H18F2N4O3/c1-13-11-28-21(27(13)2)9-20(26-22(28)29)30-12-14-3-6-19(15(7-14)10-25)31-16-4-5-17(23)18(24)8-16/h3-9,13H,11-12H2,1-2H3/t13-/m0/s1. The van der Waals surface area contributed by atoms with Crippen LogP contribution in [0.3, 0.4) is 0 Å². The summed E-state index contributed by atoms with van der Waals surface area (Å²) in [7, 11) is 1.90. The number of fused-ring (bicyclic) bond motifs is 1. The molecule has 31 heavy (non-hydrogen) atoms. The first-order valence-electron chi connectivity index (χ1n) is 9.49. The zero-order valence-electron chi connectivity index (χ0n) is 16.8. The molecule has 1 aromatic heterocycles. The minimum atomic E-state index is -1.04. The zero-order valence-corrected chi connectivity index (χ0v) is 16.8. The Labute approximate surface area is 176 Å². The Kier molecular flexibility index (Phi) is 5.29. The van der Waals surface area contributed by atoms with Crippen molar-refractivity contribution in [1.82, 2.24) is 9.55 Å². The van der Waals surface area contributed by atoms with Gasteiger partial charge < -0.3 is 14.4 Å². The first-order chi connectivity index (χ1) is 14.9. The average molecular weight is 424 g/mol. The summed E-state index contributed by atoms with van der Waals surface area (Å²) in [5.41, 5.74) is 0.469. The normalized spacial score (nSPS) is 14.8. The highest BCUT2D eigenvalue weighted by molar-refractivity contribution is 5.48. The summed E-state index contributed by atoms with van der Waals surface area (Å²) in [4.78, 5) is 18.2. The number of hydrogen-bond acceptors (Lipinski definition) is 6. The highest BCUT2D eigenvalue weighted by Crippen LogP contribution is 2.28. The second-order valence-corrected chi connectivity index (χ2v) is 7.21. The molecule has 0 bridgehead atoms. The van der Waals surface area contributed by atoms with E-state index in [1.54, 1.807) is 28.8 Å². The maximum atomic E-state index is 13.4. The molecule has 0 saturated carbocycles. The molecule has 0 radical (unpaired) electrons. The van der Waals surface area contributed by atoms with E-state index in [1.807, 2.05) is 24.9 Å². The van der Waals surface area contributed by atoms with Crippen molar-refractivity contribution in [3.05, 3.63) is 75.7 Å². The van der Waals surface area contributed by atoms with Crippen molar-refractivity contribution in [2.24, 2.45) is 0 Å². The van der Waals surface area contributed by atoms with Gasteiger partial charge in [0.1, 0.15) is 30.0 Å². The van der Waals surface area contributed by atoms with Gasteiger partial charge in [-0.05, 0) is 36.8 Å². The number of ether oxygens (including phenoxy) is 2. The Morgan fingerprint density at radius 2 is 2.00 bits per heavy atom. The van der Waals surface area contributed by atoms with E-state index in [0.29, 0.717) is 12.1 Å². The Morgan fingerprint density at radius 1 is 1.19 bits per heavy atom. The molecule has 1 atom stereocenters. The second-order valence-electron chi connectivity index (χ2n) is 7.21. The molecule has 0 N–H and O–H groups in total. The van der Waals surface area contributed by atoms with Crippen LogP contribution in [0.25, 0.3) is 0 Å². The van der Waals surface area contributed by atoms with Gasteiger partial charge in [-0.2, -0.15) is 10.2 Å². The van der Waals surface area contributed by atoms with Crippen molar-refractivity contribution >= 4 is 5.82 Å². The van der Waals surface area contributed by atoms with Crippen LogP contribution in [-0.4, -0.2) is 22.6 Å². The quantitative estimate of drug-likeness (QED) is 0.623. The van der Waals surface area contributed by atoms with E-state index in [2.05, 4.69) is 4.98 Å². The smallest absolute Gasteiger partial charge is 0.352 e. The first-order valence-corrected chi connectivity index (χ1v) is 9.49. The highest BCUT2D eigenvalue weighted by Gasteiger charge is 2.25. The third-order valence-corrected chi connectivity index (χ3v) is 5.11. The Bertz CT molecular complexity index is 1250. The van der Waals surface area contributed by atoms with Crippen LogP contribution < -0.4 is 20.1 Å². The molecule has 3 aromatic rings. The van der Waals surface area contributed by atoms with Gasteiger partial charge in [0.25, 0.3) is 0 Å². The molecular weight excluding hydrogens is 406 g/mol. The van der Waals surface area contributed by atoms with Crippen LogP contribution >= 0.6 is 0 Å². The van der Waals surface area contributed by atoms with Crippen LogP contribution in [0.5, 0.6) is 17.4 Å². The molecule has 9 heteroatoms. The van der Waals surface area contributed by atoms with Gasteiger partial charge in [-0.1, -0.05) is 6.07 Å². The lowest BCUT2D eigenvalue weighted by molar-refractivity contribution is 0.291. The summed E-state index contributed by atoms with van der Waals surface area (Å²) in [6.07, 6.45) is 0. The fraction of sp³-hybridized carbons (Fsp3) is 0.227. The summed E-state index contributed by atoms with van der Waals surface area (Å²) in [6.45, 7) is 2.67. The van der Waals surface area contributed by atoms with Crippen LogP contribution in [0.1, 0.15) is 18.1 Å². The lowest BCUT2D eigenvalue weighted by Crippen LogP contribution is -2.23. The predicted octanol–water partition coefficient (Wildman–Crippen LogP) is 3.60. The van der Waals surface area contributed by atoms with Gasteiger partial charge in [0, 0.05) is 31.8 Å². The molecule has 7 nitrogen and oxygen atoms in total. The maximum Gasteiger partial charge on any atom is 0.352 e. The number of halogens is 2. The molecule has 0 amide bonds. The van der Waals surface area contributed by atoms with Crippen molar-refractivity contribution in [3.63, 3.8) is 0 Å². The molecule has 0 aliphatic carbocycles. The van der Waals surface area contributed by atoms with Crippen molar-refractivity contribution < 1.29 is 18.3 Å². The number of aromatic nitrogens is 2. The van der Waals surface area contributed by atoms with Gasteiger partial charge in [0.05, 0.1) is 5.56 Å². The number of likely N-dealkylation sites (N-methyl/N-ethyl adjacent to an activating group) is 1. The van der Waals surface area contributed by atoms with Crippen LogP contribution in [0, 0.1) is 23.0 Å². The maximum absolute atomic E-state index is 13.4. The molecule has 0 fully saturated rings. The number of nitrogens with zero attached hydrogens (tertiary/aromatic N) is 4. The van der Waals surface area contributed by atoms with Gasteiger partial charge in [0.2, 0.25) is 5.88 Å². The Morgan fingerprint density at radius 3 is 2.74 bits per heavy atom. The fourth-order valence-electron chi connectivity index (χ4n) is 3.29. The SMILES string of the molecule is C[C@H]1Cn2c(cc(OCc3ccc(Oc4ccc(F)c(F)c4)c(C#N)c3)nc2=O)N1C. The summed E-state index contributed by atoms with van der Waals surface area (Å²) < 4.78 is 39.2. The minimum absolute atomic E-state index is 0.0700. The minimum Gasteiger partial charge on any atom is -0.473 e. The summed E-state index contributed by atoms with van der Waals surface area (Å²) in [5, 5.41) is 9.43. The molecule has 2 aromatic carbocycles. The zero-order chi connectivity index (χ0) is 22.1. The second kappa shape index (κ2) is 8.07. The fourth-order valence-corrected chi connectivity index (χ4v) is 3.29. The molecule has 1 aliphatic rings. The predicted molar refractivity (Wildman–Crippen MR) is 108 cm³/mol. The summed E-state index contributed by atoms with van der Waals surface area (Å²) >= 11 is 0. The Balaban J connectivity index is 1.50. The van der Waals surface area contributed by atoms with E-state index in [4.69, 9.17) is 9.47 Å². The van der Waals surface area contributed by atoms with Crippen molar-refractivity contribution in [1.29, 1.82) is 5.26 Å². The number of rotatable bonds is 5. The molecule has 4 rings (SSSR count). The van der Waals surface area contributed by atoms with E-state index >= 15 is 0 Å². The van der Waals surface area contributed by atoms with E-state index in [1.165, 1.54) is 6.07 Å². The third kappa shape index (κ3) is 4.05. The van der Waals surface area contributed by atoms with Gasteiger partial charge in [-0.3, -0.25) is 4.57 Å².